The molecule has 1 aliphatic heterocycles. The van der Waals surface area contributed by atoms with Gasteiger partial charge in [-0.3, -0.25) is 9.36 Å². The SMILES string of the molecule is CCn1c(N2CCC(F)(F)C2)nc2c([C@H](C)Nc3ccc(Cl)nc3C(=O)O)cc(C)cc2c1=O. The van der Waals surface area contributed by atoms with Gasteiger partial charge in [0.15, 0.2) is 5.69 Å². The normalized spacial score (nSPS) is 16.1. The zero-order valence-electron chi connectivity index (χ0n) is 18.9. The van der Waals surface area contributed by atoms with Crippen molar-refractivity contribution in [1.82, 2.24) is 14.5 Å². The van der Waals surface area contributed by atoms with E-state index >= 15 is 0 Å². The van der Waals surface area contributed by atoms with Gasteiger partial charge in [-0.15, -0.1) is 0 Å². The molecule has 8 nitrogen and oxygen atoms in total. The van der Waals surface area contributed by atoms with Crippen molar-refractivity contribution in [1.29, 1.82) is 0 Å². The number of carboxylic acids is 1. The molecule has 2 aromatic heterocycles. The highest BCUT2D eigenvalue weighted by molar-refractivity contribution is 6.29. The lowest BCUT2D eigenvalue weighted by Crippen LogP contribution is -2.33. The van der Waals surface area contributed by atoms with Crippen LogP contribution in [0.25, 0.3) is 10.9 Å². The zero-order valence-corrected chi connectivity index (χ0v) is 19.7. The first-order chi connectivity index (χ1) is 16.0. The number of carboxylic acid groups (broad SMARTS) is 1. The van der Waals surface area contributed by atoms with Crippen molar-refractivity contribution in [2.45, 2.75) is 45.7 Å². The molecule has 0 aliphatic carbocycles. The molecular weight excluding hydrogens is 468 g/mol. The largest absolute Gasteiger partial charge is 0.476 e. The quantitative estimate of drug-likeness (QED) is 0.490. The van der Waals surface area contributed by atoms with Crippen molar-refractivity contribution in [3.63, 3.8) is 0 Å². The van der Waals surface area contributed by atoms with Gasteiger partial charge in [0.1, 0.15) is 5.15 Å². The number of nitrogens with zero attached hydrogens (tertiary/aromatic N) is 4. The molecule has 180 valence electrons. The Morgan fingerprint density at radius 3 is 2.68 bits per heavy atom. The molecule has 1 saturated heterocycles. The Morgan fingerprint density at radius 2 is 2.06 bits per heavy atom. The number of aryl methyl sites for hydroxylation is 1. The van der Waals surface area contributed by atoms with Gasteiger partial charge in [-0.05, 0) is 44.5 Å². The van der Waals surface area contributed by atoms with Gasteiger partial charge in [-0.25, -0.2) is 23.5 Å². The topological polar surface area (TPSA) is 100 Å². The number of aromatic nitrogens is 3. The monoisotopic (exact) mass is 491 g/mol. The van der Waals surface area contributed by atoms with E-state index in [4.69, 9.17) is 16.6 Å². The van der Waals surface area contributed by atoms with Crippen LogP contribution in [0.4, 0.5) is 20.4 Å². The van der Waals surface area contributed by atoms with E-state index in [9.17, 15) is 23.5 Å². The van der Waals surface area contributed by atoms with Crippen molar-refractivity contribution < 1.29 is 18.7 Å². The minimum atomic E-state index is -2.84. The molecule has 0 saturated carbocycles. The minimum absolute atomic E-state index is 0.0467. The second-order valence-electron chi connectivity index (χ2n) is 8.44. The lowest BCUT2D eigenvalue weighted by Gasteiger charge is -2.24. The predicted molar refractivity (Wildman–Crippen MR) is 126 cm³/mol. The van der Waals surface area contributed by atoms with Crippen LogP contribution in [-0.4, -0.2) is 44.6 Å². The first-order valence-corrected chi connectivity index (χ1v) is 11.2. The van der Waals surface area contributed by atoms with Crippen LogP contribution in [0.15, 0.2) is 29.1 Å². The third-order valence-corrected chi connectivity index (χ3v) is 6.09. The maximum absolute atomic E-state index is 13.9. The van der Waals surface area contributed by atoms with Gasteiger partial charge in [-0.2, -0.15) is 0 Å². The summed E-state index contributed by atoms with van der Waals surface area (Å²) in [5.41, 5.74) is 1.52. The number of pyridine rings is 1. The van der Waals surface area contributed by atoms with Crippen LogP contribution in [0, 0.1) is 6.92 Å². The summed E-state index contributed by atoms with van der Waals surface area (Å²) in [6.07, 6.45) is -0.301. The van der Waals surface area contributed by atoms with Crippen molar-refractivity contribution in [3.05, 3.63) is 56.6 Å². The van der Waals surface area contributed by atoms with E-state index in [0.29, 0.717) is 16.5 Å². The number of hydrogen-bond acceptors (Lipinski definition) is 6. The highest BCUT2D eigenvalue weighted by atomic mass is 35.5. The molecule has 3 heterocycles. The molecule has 3 aromatic rings. The molecule has 0 amide bonds. The number of alkyl halides is 2. The number of nitrogens with one attached hydrogen (secondary N) is 1. The molecule has 1 aromatic carbocycles. The Hall–Kier alpha value is -3.27. The smallest absolute Gasteiger partial charge is 0.356 e. The van der Waals surface area contributed by atoms with E-state index in [-0.39, 0.29) is 47.6 Å². The minimum Gasteiger partial charge on any atom is -0.476 e. The lowest BCUT2D eigenvalue weighted by molar-refractivity contribution is 0.0255. The van der Waals surface area contributed by atoms with Crippen LogP contribution in [0.3, 0.4) is 0 Å². The molecule has 2 N–H and O–H groups in total. The Labute approximate surface area is 199 Å². The summed E-state index contributed by atoms with van der Waals surface area (Å²) in [5, 5.41) is 13.0. The Kier molecular flexibility index (Phi) is 6.20. The molecule has 11 heteroatoms. The van der Waals surface area contributed by atoms with E-state index < -0.39 is 24.5 Å². The molecule has 0 radical (unpaired) electrons. The summed E-state index contributed by atoms with van der Waals surface area (Å²) in [5.74, 6) is -3.88. The van der Waals surface area contributed by atoms with E-state index in [2.05, 4.69) is 10.3 Å². The number of carbonyl (C=O) groups is 1. The summed E-state index contributed by atoms with van der Waals surface area (Å²) in [7, 11) is 0. The fraction of sp³-hybridized carbons (Fsp3) is 0.391. The highest BCUT2D eigenvalue weighted by Gasteiger charge is 2.40. The fourth-order valence-electron chi connectivity index (χ4n) is 4.28. The van der Waals surface area contributed by atoms with Gasteiger partial charge in [0.05, 0.1) is 29.2 Å². The summed E-state index contributed by atoms with van der Waals surface area (Å²) >= 11 is 5.85. The van der Waals surface area contributed by atoms with Crippen molar-refractivity contribution in [3.8, 4) is 0 Å². The third kappa shape index (κ3) is 4.42. The average molecular weight is 492 g/mol. The molecule has 34 heavy (non-hydrogen) atoms. The van der Waals surface area contributed by atoms with Gasteiger partial charge in [0.2, 0.25) is 5.95 Å². The summed E-state index contributed by atoms with van der Waals surface area (Å²) in [4.78, 5) is 35.0. The first kappa shape index (κ1) is 23.9. The molecule has 4 rings (SSSR count). The number of halogens is 3. The second kappa shape index (κ2) is 8.83. The first-order valence-electron chi connectivity index (χ1n) is 10.8. The maximum Gasteiger partial charge on any atom is 0.356 e. The van der Waals surface area contributed by atoms with Crippen LogP contribution >= 0.6 is 11.6 Å². The second-order valence-corrected chi connectivity index (χ2v) is 8.83. The predicted octanol–water partition coefficient (Wildman–Crippen LogP) is 4.49. The Morgan fingerprint density at radius 1 is 1.32 bits per heavy atom. The number of rotatable bonds is 6. The summed E-state index contributed by atoms with van der Waals surface area (Å²) in [6, 6.07) is 6.07. The van der Waals surface area contributed by atoms with Crippen molar-refractivity contribution in [2.75, 3.05) is 23.3 Å². The highest BCUT2D eigenvalue weighted by Crippen LogP contribution is 2.32. The van der Waals surface area contributed by atoms with Crippen LogP contribution in [0.2, 0.25) is 5.15 Å². The van der Waals surface area contributed by atoms with Crippen LogP contribution < -0.4 is 15.8 Å². The van der Waals surface area contributed by atoms with Crippen molar-refractivity contribution in [2.24, 2.45) is 0 Å². The van der Waals surface area contributed by atoms with Gasteiger partial charge >= 0.3 is 5.97 Å². The van der Waals surface area contributed by atoms with Crippen molar-refractivity contribution >= 4 is 40.1 Å². The van der Waals surface area contributed by atoms with E-state index in [1.165, 1.54) is 21.6 Å². The van der Waals surface area contributed by atoms with Gasteiger partial charge in [0.25, 0.3) is 11.5 Å². The van der Waals surface area contributed by atoms with Gasteiger partial charge in [-0.1, -0.05) is 17.7 Å². The summed E-state index contributed by atoms with van der Waals surface area (Å²) < 4.78 is 29.3. The molecule has 0 unspecified atom stereocenters. The lowest BCUT2D eigenvalue weighted by atomic mass is 10.0. The molecular formula is C23H24ClF2N5O3. The van der Waals surface area contributed by atoms with Gasteiger partial charge < -0.3 is 15.3 Å². The number of hydrogen-bond donors (Lipinski definition) is 2. The Bertz CT molecular complexity index is 1340. The molecule has 0 bridgehead atoms. The number of aromatic carboxylic acids is 1. The molecule has 1 atom stereocenters. The van der Waals surface area contributed by atoms with Crippen LogP contribution in [-0.2, 0) is 6.54 Å². The number of anilines is 2. The molecule has 0 spiro atoms. The standard InChI is InChI=1S/C23H24ClF2N5O3/c1-4-31-20(32)15-10-12(2)9-14(18(15)29-22(31)30-8-7-23(25,26)11-30)13(3)27-16-5-6-17(24)28-19(16)21(33)34/h5-6,9-10,13,27H,4,7-8,11H2,1-3H3,(H,33,34)/t13-/m0/s1. The average Bonchev–Trinajstić information content (AvgIpc) is 3.14. The maximum atomic E-state index is 13.9. The van der Waals surface area contributed by atoms with Crippen LogP contribution in [0.5, 0.6) is 0 Å². The summed E-state index contributed by atoms with van der Waals surface area (Å²) in [6.45, 7) is 5.29. The third-order valence-electron chi connectivity index (χ3n) is 5.88. The molecule has 1 fully saturated rings. The number of benzene rings is 1. The number of fused-ring (bicyclic) bond motifs is 1. The Balaban J connectivity index is 1.85. The van der Waals surface area contributed by atoms with E-state index in [0.717, 1.165) is 5.56 Å². The van der Waals surface area contributed by atoms with E-state index in [1.807, 2.05) is 13.0 Å². The van der Waals surface area contributed by atoms with Gasteiger partial charge in [0, 0.05) is 25.1 Å². The van der Waals surface area contributed by atoms with E-state index in [1.54, 1.807) is 19.9 Å². The zero-order chi connectivity index (χ0) is 24.8. The fourth-order valence-corrected chi connectivity index (χ4v) is 4.43. The van der Waals surface area contributed by atoms with Crippen LogP contribution in [0.1, 0.15) is 47.9 Å². The molecule has 1 aliphatic rings.